The van der Waals surface area contributed by atoms with Crippen molar-refractivity contribution >= 4 is 15.7 Å². The van der Waals surface area contributed by atoms with Crippen LogP contribution in [0.5, 0.6) is 0 Å². The van der Waals surface area contributed by atoms with E-state index >= 15 is 0 Å². The van der Waals surface area contributed by atoms with E-state index in [-0.39, 0.29) is 17.1 Å². The number of nitrogens with one attached hydrogen (secondary N) is 1. The largest absolute Gasteiger partial charge is 0.395 e. The third-order valence-electron chi connectivity index (χ3n) is 2.29. The number of aryl methyl sites for hydroxylation is 1. The van der Waals surface area contributed by atoms with Crippen LogP contribution >= 0.6 is 0 Å². The van der Waals surface area contributed by atoms with Gasteiger partial charge in [0, 0.05) is 12.1 Å². The number of sulfonamides is 1. The second-order valence-electron chi connectivity index (χ2n) is 3.89. The predicted molar refractivity (Wildman–Crippen MR) is 64.7 cm³/mol. The summed E-state index contributed by atoms with van der Waals surface area (Å²) in [4.78, 5) is 9.73. The average Bonchev–Trinajstić information content (AvgIpc) is 2.27. The molecule has 0 spiro atoms. The van der Waals surface area contributed by atoms with Gasteiger partial charge in [-0.15, -0.1) is 0 Å². The Labute approximate surface area is 105 Å². The van der Waals surface area contributed by atoms with Crippen molar-refractivity contribution in [3.05, 3.63) is 33.9 Å². The van der Waals surface area contributed by atoms with Gasteiger partial charge in [-0.2, -0.15) is 0 Å². The highest BCUT2D eigenvalue weighted by atomic mass is 32.2. The van der Waals surface area contributed by atoms with Gasteiger partial charge in [0.15, 0.2) is 4.90 Å². The van der Waals surface area contributed by atoms with E-state index in [2.05, 4.69) is 4.72 Å². The second-order valence-corrected chi connectivity index (χ2v) is 5.54. The summed E-state index contributed by atoms with van der Waals surface area (Å²) >= 11 is 0. The normalized spacial score (nSPS) is 13.3. The molecular formula is C10H14N2O5S. The van der Waals surface area contributed by atoms with Gasteiger partial charge in [-0.3, -0.25) is 10.1 Å². The summed E-state index contributed by atoms with van der Waals surface area (Å²) in [5.74, 6) is 0. The van der Waals surface area contributed by atoms with E-state index in [0.717, 1.165) is 6.07 Å². The van der Waals surface area contributed by atoms with Crippen molar-refractivity contribution in [3.63, 3.8) is 0 Å². The maximum atomic E-state index is 12.0. The van der Waals surface area contributed by atoms with Crippen LogP contribution in [-0.4, -0.2) is 31.1 Å². The number of rotatable bonds is 5. The molecule has 0 amide bonds. The molecule has 0 bridgehead atoms. The third kappa shape index (κ3) is 3.03. The maximum absolute atomic E-state index is 12.0. The highest BCUT2D eigenvalue weighted by Crippen LogP contribution is 2.26. The zero-order chi connectivity index (χ0) is 13.9. The van der Waals surface area contributed by atoms with Crippen molar-refractivity contribution in [1.29, 1.82) is 0 Å². The first-order valence-electron chi connectivity index (χ1n) is 5.16. The standard InChI is InChI=1S/C10H14N2O5S/c1-7-4-3-5-9(12(14)15)10(7)18(16,17)11-8(2)6-13/h3-5,8,11,13H,6H2,1-2H3/t8-/m1/s1. The fourth-order valence-electron chi connectivity index (χ4n) is 1.49. The number of aliphatic hydroxyl groups excluding tert-OH is 1. The molecule has 2 N–H and O–H groups in total. The molecule has 0 radical (unpaired) electrons. The molecule has 1 rings (SSSR count). The molecule has 0 aliphatic rings. The molecule has 7 nitrogen and oxygen atoms in total. The second kappa shape index (κ2) is 5.42. The van der Waals surface area contributed by atoms with E-state index in [1.807, 2.05) is 0 Å². The smallest absolute Gasteiger partial charge is 0.289 e. The van der Waals surface area contributed by atoms with Crippen LogP contribution in [0.2, 0.25) is 0 Å². The van der Waals surface area contributed by atoms with Gasteiger partial charge in [-0.05, 0) is 19.4 Å². The molecular weight excluding hydrogens is 260 g/mol. The molecule has 0 aliphatic heterocycles. The molecule has 0 saturated carbocycles. The van der Waals surface area contributed by atoms with Crippen molar-refractivity contribution < 1.29 is 18.4 Å². The van der Waals surface area contributed by atoms with Gasteiger partial charge >= 0.3 is 0 Å². The van der Waals surface area contributed by atoms with Crippen molar-refractivity contribution in [3.8, 4) is 0 Å². The van der Waals surface area contributed by atoms with Gasteiger partial charge in [-0.25, -0.2) is 13.1 Å². The number of nitro groups is 1. The Kier molecular flexibility index (Phi) is 4.38. The fourth-order valence-corrected chi connectivity index (χ4v) is 3.12. The van der Waals surface area contributed by atoms with Crippen molar-refractivity contribution in [2.75, 3.05) is 6.61 Å². The number of nitro benzene ring substituents is 1. The summed E-state index contributed by atoms with van der Waals surface area (Å²) in [7, 11) is -4.03. The van der Waals surface area contributed by atoms with Crippen molar-refractivity contribution in [2.45, 2.75) is 24.8 Å². The van der Waals surface area contributed by atoms with Crippen LogP contribution in [0.15, 0.2) is 23.1 Å². The van der Waals surface area contributed by atoms with E-state index in [9.17, 15) is 18.5 Å². The molecule has 1 atom stereocenters. The summed E-state index contributed by atoms with van der Waals surface area (Å²) < 4.78 is 26.2. The van der Waals surface area contributed by atoms with E-state index in [1.54, 1.807) is 0 Å². The van der Waals surface area contributed by atoms with E-state index in [0.29, 0.717) is 0 Å². The Bertz CT molecular complexity index is 555. The monoisotopic (exact) mass is 274 g/mol. The van der Waals surface area contributed by atoms with Gasteiger partial charge in [0.1, 0.15) is 0 Å². The lowest BCUT2D eigenvalue weighted by Gasteiger charge is -2.13. The van der Waals surface area contributed by atoms with Gasteiger partial charge in [-0.1, -0.05) is 12.1 Å². The minimum atomic E-state index is -4.03. The summed E-state index contributed by atoms with van der Waals surface area (Å²) in [6.45, 7) is 2.55. The number of nitrogens with zero attached hydrogens (tertiary/aromatic N) is 1. The van der Waals surface area contributed by atoms with Crippen LogP contribution in [0, 0.1) is 17.0 Å². The topological polar surface area (TPSA) is 110 Å². The molecule has 0 aromatic heterocycles. The van der Waals surface area contributed by atoms with Gasteiger partial charge in [0.2, 0.25) is 10.0 Å². The highest BCUT2D eigenvalue weighted by molar-refractivity contribution is 7.89. The third-order valence-corrected chi connectivity index (χ3v) is 4.07. The summed E-state index contributed by atoms with van der Waals surface area (Å²) in [6, 6.07) is 3.31. The first-order chi connectivity index (χ1) is 8.29. The van der Waals surface area contributed by atoms with Gasteiger partial charge < -0.3 is 5.11 Å². The number of benzene rings is 1. The molecule has 0 saturated heterocycles. The van der Waals surface area contributed by atoms with E-state index in [1.165, 1.54) is 26.0 Å². The Morgan fingerprint density at radius 3 is 2.61 bits per heavy atom. The first-order valence-corrected chi connectivity index (χ1v) is 6.65. The lowest BCUT2D eigenvalue weighted by molar-refractivity contribution is -0.387. The fraction of sp³-hybridized carbons (Fsp3) is 0.400. The Morgan fingerprint density at radius 2 is 2.11 bits per heavy atom. The number of hydrogen-bond acceptors (Lipinski definition) is 5. The minimum absolute atomic E-state index is 0.279. The summed E-state index contributed by atoms with van der Waals surface area (Å²) in [6.07, 6.45) is 0. The highest BCUT2D eigenvalue weighted by Gasteiger charge is 2.28. The Morgan fingerprint density at radius 1 is 1.50 bits per heavy atom. The summed E-state index contributed by atoms with van der Waals surface area (Å²) in [5.41, 5.74) is -0.200. The molecule has 1 aromatic carbocycles. The van der Waals surface area contributed by atoms with E-state index in [4.69, 9.17) is 5.11 Å². The molecule has 0 fully saturated rings. The van der Waals surface area contributed by atoms with E-state index < -0.39 is 26.7 Å². The molecule has 0 unspecified atom stereocenters. The Balaban J connectivity index is 3.36. The zero-order valence-electron chi connectivity index (χ0n) is 9.95. The van der Waals surface area contributed by atoms with Crippen LogP contribution < -0.4 is 4.72 Å². The lowest BCUT2D eigenvalue weighted by atomic mass is 10.2. The molecule has 100 valence electrons. The zero-order valence-corrected chi connectivity index (χ0v) is 10.8. The molecule has 0 aliphatic carbocycles. The molecule has 18 heavy (non-hydrogen) atoms. The van der Waals surface area contributed by atoms with Crippen LogP contribution in [0.3, 0.4) is 0 Å². The average molecular weight is 274 g/mol. The SMILES string of the molecule is Cc1cccc([N+](=O)[O-])c1S(=O)(=O)N[C@H](C)CO. The van der Waals surface area contributed by atoms with Crippen LogP contribution in [0.4, 0.5) is 5.69 Å². The molecule has 8 heteroatoms. The van der Waals surface area contributed by atoms with Crippen molar-refractivity contribution in [2.24, 2.45) is 0 Å². The summed E-state index contributed by atoms with van der Waals surface area (Å²) in [5, 5.41) is 19.7. The van der Waals surface area contributed by atoms with Gasteiger partial charge in [0.25, 0.3) is 5.69 Å². The maximum Gasteiger partial charge on any atom is 0.289 e. The first kappa shape index (κ1) is 14.6. The molecule has 0 heterocycles. The minimum Gasteiger partial charge on any atom is -0.395 e. The Hall–Kier alpha value is -1.51. The van der Waals surface area contributed by atoms with Crippen molar-refractivity contribution in [1.82, 2.24) is 4.72 Å². The van der Waals surface area contributed by atoms with Crippen LogP contribution in [-0.2, 0) is 10.0 Å². The predicted octanol–water partition coefficient (Wildman–Crippen LogP) is 0.562. The molecule has 1 aromatic rings. The van der Waals surface area contributed by atoms with Crippen LogP contribution in [0.25, 0.3) is 0 Å². The quantitative estimate of drug-likeness (QED) is 0.602. The van der Waals surface area contributed by atoms with Crippen LogP contribution in [0.1, 0.15) is 12.5 Å². The van der Waals surface area contributed by atoms with Gasteiger partial charge in [0.05, 0.1) is 11.5 Å². The lowest BCUT2D eigenvalue weighted by Crippen LogP contribution is -2.35. The number of aliphatic hydroxyl groups is 1. The number of hydrogen-bond donors (Lipinski definition) is 2.